The fraction of sp³-hybridized carbons (Fsp3) is 1.00. The second kappa shape index (κ2) is 12.9. The minimum atomic E-state index is -6.59. The van der Waals surface area contributed by atoms with E-state index >= 15 is 0 Å². The highest BCUT2D eigenvalue weighted by Gasteiger charge is 2.62. The van der Waals surface area contributed by atoms with Crippen LogP contribution in [0.5, 0.6) is 0 Å². The molecule has 1 fully saturated rings. The van der Waals surface area contributed by atoms with Crippen molar-refractivity contribution in [2.45, 2.75) is 36.3 Å². The molecule has 0 amide bonds. The first-order valence-corrected chi connectivity index (χ1v) is 17.1. The Labute approximate surface area is 224 Å². The van der Waals surface area contributed by atoms with Gasteiger partial charge in [-0.2, -0.15) is 21.6 Å². The van der Waals surface area contributed by atoms with Crippen molar-refractivity contribution >= 4 is 70.0 Å². The first kappa shape index (κ1) is 39.4. The highest BCUT2D eigenvalue weighted by Crippen LogP contribution is 2.75. The predicted octanol–water partition coefficient (Wildman–Crippen LogP) is -4.73. The number of phosphoric acid groups is 6. The molecule has 0 aromatic carbocycles. The molecule has 1 rings (SSSR count). The van der Waals surface area contributed by atoms with Gasteiger partial charge in [-0.05, 0) is 0 Å². The van der Waals surface area contributed by atoms with Gasteiger partial charge < -0.3 is 64.9 Å². The smallest absolute Gasteiger partial charge is 0.387 e. The summed E-state index contributed by atoms with van der Waals surface area (Å²) in [6.07, 6.45) is -13.5. The normalized spacial score (nSPS) is 36.4. The summed E-state index contributed by atoms with van der Waals surface area (Å²) in [5.41, 5.74) is 0. The standard InChI is InChI=1S/C6H18O25P6.Mg.2H/c7-1-2(8)4(10)6(12,5(11)3(1)9)26-33(16,17)28-35(20,21)30-37(24,25)31-36(22,23)29-34(18,19)27-32(13,14)15;;;/h1-5,7-12H,(H,16,17)(H,18,19)(H,20,21)(H,22,23)(H,24,25)(H2,13,14,15);;;/t1-,2-,3+,4-,5-,6-;;;/m1.../s1. The van der Waals surface area contributed by atoms with E-state index in [1.807, 2.05) is 0 Å². The van der Waals surface area contributed by atoms with Crippen LogP contribution in [0.25, 0.3) is 0 Å². The van der Waals surface area contributed by atoms with Crippen LogP contribution < -0.4 is 0 Å². The molecule has 5 unspecified atom stereocenters. The van der Waals surface area contributed by atoms with E-state index in [0.717, 1.165) is 0 Å². The Bertz CT molecular complexity index is 1110. The zero-order valence-electron chi connectivity index (χ0n) is 16.8. The minimum absolute atomic E-state index is 0. The number of hydrogen-bond acceptors (Lipinski definition) is 18. The van der Waals surface area contributed by atoms with Crippen molar-refractivity contribution in [2.24, 2.45) is 0 Å². The topological polar surface area (TPSA) is 421 Å². The van der Waals surface area contributed by atoms with E-state index in [1.54, 1.807) is 0 Å². The predicted molar refractivity (Wildman–Crippen MR) is 111 cm³/mol. The highest BCUT2D eigenvalue weighted by atomic mass is 31.3. The van der Waals surface area contributed by atoms with Crippen molar-refractivity contribution in [2.75, 3.05) is 0 Å². The van der Waals surface area contributed by atoms with Gasteiger partial charge in [0.2, 0.25) is 5.79 Å². The van der Waals surface area contributed by atoms with Crippen LogP contribution in [0.3, 0.4) is 0 Å². The van der Waals surface area contributed by atoms with Gasteiger partial charge in [-0.15, -0.1) is 0 Å². The molecule has 11 atom stereocenters. The molecular formula is C6H20MgO25P6. The van der Waals surface area contributed by atoms with Gasteiger partial charge in [0.25, 0.3) is 0 Å². The molecule has 0 heterocycles. The van der Waals surface area contributed by atoms with Gasteiger partial charge in [0.15, 0.2) is 0 Å². The molecule has 13 N–H and O–H groups in total. The maximum Gasteiger partial charge on any atom is 0.490 e. The molecule has 0 aromatic heterocycles. The molecule has 1 saturated carbocycles. The first-order valence-electron chi connectivity index (χ1n) is 8.13. The molecule has 38 heavy (non-hydrogen) atoms. The molecule has 0 aromatic rings. The maximum absolute atomic E-state index is 12.0. The van der Waals surface area contributed by atoms with Gasteiger partial charge in [0, 0.05) is 0 Å². The van der Waals surface area contributed by atoms with Gasteiger partial charge in [0.1, 0.15) is 30.5 Å². The summed E-state index contributed by atoms with van der Waals surface area (Å²) in [5, 5.41) is 57.9. The number of aliphatic hydroxyl groups excluding tert-OH is 5. The molecule has 1 aliphatic rings. The molecule has 0 bridgehead atoms. The molecule has 25 nitrogen and oxygen atoms in total. The van der Waals surface area contributed by atoms with Gasteiger partial charge in [0.05, 0.1) is 0 Å². The van der Waals surface area contributed by atoms with Gasteiger partial charge in [-0.1, -0.05) is 0 Å². The Morgan fingerprint density at radius 3 is 1.03 bits per heavy atom. The number of hydrogen-bond donors (Lipinski definition) is 13. The third-order valence-corrected chi connectivity index (χ3v) is 12.3. The molecule has 0 radical (unpaired) electrons. The maximum atomic E-state index is 12.0. The third kappa shape index (κ3) is 11.6. The first-order chi connectivity index (χ1) is 16.0. The fourth-order valence-electron chi connectivity index (χ4n) is 2.26. The van der Waals surface area contributed by atoms with E-state index in [1.165, 1.54) is 0 Å². The van der Waals surface area contributed by atoms with Gasteiger partial charge in [-0.25, -0.2) is 31.9 Å². The molecule has 226 valence electrons. The van der Waals surface area contributed by atoms with Gasteiger partial charge in [-0.3, -0.25) is 0 Å². The molecule has 32 heteroatoms. The summed E-state index contributed by atoms with van der Waals surface area (Å²) in [7, 11) is -38.3. The van der Waals surface area contributed by atoms with E-state index in [9.17, 15) is 72.7 Å². The minimum Gasteiger partial charge on any atom is -0.387 e. The van der Waals surface area contributed by atoms with Gasteiger partial charge >= 0.3 is 70.0 Å². The zero-order valence-corrected chi connectivity index (χ0v) is 22.1. The second-order valence-corrected chi connectivity index (χ2v) is 15.6. The molecule has 0 saturated heterocycles. The second-order valence-electron chi connectivity index (χ2n) is 6.45. The van der Waals surface area contributed by atoms with Crippen LogP contribution in [0.1, 0.15) is 0 Å². The van der Waals surface area contributed by atoms with Crippen molar-refractivity contribution in [3.63, 3.8) is 0 Å². The van der Waals surface area contributed by atoms with Crippen molar-refractivity contribution < 1.29 is 118 Å². The van der Waals surface area contributed by atoms with Crippen molar-refractivity contribution in [1.82, 2.24) is 0 Å². The van der Waals surface area contributed by atoms with E-state index in [2.05, 4.69) is 26.1 Å². The Hall–Kier alpha value is 1.39. The molecule has 1 aliphatic carbocycles. The van der Waals surface area contributed by atoms with E-state index in [0.29, 0.717) is 0 Å². The van der Waals surface area contributed by atoms with E-state index < -0.39 is 83.2 Å². The summed E-state index contributed by atoms with van der Waals surface area (Å²) in [4.78, 5) is 62.9. The number of rotatable bonds is 12. The van der Waals surface area contributed by atoms with Crippen molar-refractivity contribution in [3.8, 4) is 0 Å². The van der Waals surface area contributed by atoms with Crippen LogP contribution in [0.2, 0.25) is 0 Å². The van der Waals surface area contributed by atoms with Crippen LogP contribution in [0.4, 0.5) is 0 Å². The molecule has 0 aliphatic heterocycles. The lowest BCUT2D eigenvalue weighted by atomic mass is 9.82. The van der Waals surface area contributed by atoms with Crippen LogP contribution in [0.15, 0.2) is 0 Å². The fourth-order valence-corrected chi connectivity index (χ4v) is 9.78. The quantitative estimate of drug-likeness (QED) is 0.0516. The van der Waals surface area contributed by atoms with E-state index in [4.69, 9.17) is 19.6 Å². The summed E-state index contributed by atoms with van der Waals surface area (Å²) in [5.74, 6) is -3.96. The van der Waals surface area contributed by atoms with Crippen LogP contribution >= 0.6 is 46.9 Å². The van der Waals surface area contributed by atoms with Crippen molar-refractivity contribution in [3.05, 3.63) is 0 Å². The Balaban J connectivity index is 0.0000137. The molecular weight excluding hydrogens is 682 g/mol. The summed E-state index contributed by atoms with van der Waals surface area (Å²) in [6.45, 7) is 0. The number of phosphoric ester groups is 1. The highest BCUT2D eigenvalue weighted by molar-refractivity contribution is 7.72. The lowest BCUT2D eigenvalue weighted by Crippen LogP contribution is -2.71. The Morgan fingerprint density at radius 2 is 0.737 bits per heavy atom. The monoisotopic (exact) mass is 702 g/mol. The SMILES string of the molecule is O=P(O)(O)OP(=O)(O)OP(=O)(O)OP(=O)(O)OP(=O)(O)OP(=O)(O)O[C@]1(O)[C@H](O)[C@H](O)[C@@H](O)[C@H](O)[C@H]1O.[MgH2]. The lowest BCUT2D eigenvalue weighted by Gasteiger charge is -2.46. The van der Waals surface area contributed by atoms with Crippen LogP contribution in [0, 0.1) is 0 Å². The number of aliphatic hydroxyl groups is 6. The lowest BCUT2D eigenvalue weighted by molar-refractivity contribution is -0.336. The van der Waals surface area contributed by atoms with E-state index in [-0.39, 0.29) is 23.1 Å². The van der Waals surface area contributed by atoms with Crippen LogP contribution in [-0.2, 0) is 53.5 Å². The zero-order chi connectivity index (χ0) is 29.6. The largest absolute Gasteiger partial charge is 0.490 e. The average Bonchev–Trinajstić information content (AvgIpc) is 2.56. The average molecular weight is 702 g/mol. The van der Waals surface area contributed by atoms with Crippen LogP contribution in [-0.4, -0.2) is 124 Å². The third-order valence-electron chi connectivity index (χ3n) is 3.49. The summed E-state index contributed by atoms with van der Waals surface area (Å²) in [6, 6.07) is 0. The molecule has 0 spiro atoms. The summed E-state index contributed by atoms with van der Waals surface area (Å²) >= 11 is 0. The summed E-state index contributed by atoms with van der Waals surface area (Å²) < 4.78 is 88.7. The Kier molecular flexibility index (Phi) is 13.4. The van der Waals surface area contributed by atoms with Crippen molar-refractivity contribution in [1.29, 1.82) is 0 Å². The Morgan fingerprint density at radius 1 is 0.474 bits per heavy atom.